The molecule has 7 nitrogen and oxygen atoms in total. The van der Waals surface area contributed by atoms with E-state index in [1.165, 1.54) is 19.4 Å². The van der Waals surface area contributed by atoms with Crippen LogP contribution in [0.5, 0.6) is 5.75 Å². The van der Waals surface area contributed by atoms with Gasteiger partial charge in [0.1, 0.15) is 30.3 Å². The van der Waals surface area contributed by atoms with Crippen molar-refractivity contribution in [2.24, 2.45) is 5.16 Å². The second-order valence-corrected chi connectivity index (χ2v) is 5.75. The van der Waals surface area contributed by atoms with E-state index in [-0.39, 0.29) is 15.7 Å². The molecule has 1 aliphatic heterocycles. The molecule has 0 amide bonds. The predicted octanol–water partition coefficient (Wildman–Crippen LogP) is 3.70. The van der Waals surface area contributed by atoms with E-state index in [1.807, 2.05) is 13.0 Å². The highest BCUT2D eigenvalue weighted by Gasteiger charge is 2.20. The molecule has 2 aromatic rings. The Balaban J connectivity index is 0.000000187. The molecule has 0 spiro atoms. The van der Waals surface area contributed by atoms with Crippen LogP contribution in [0.1, 0.15) is 28.5 Å². The van der Waals surface area contributed by atoms with E-state index in [0.29, 0.717) is 13.2 Å². The molecule has 0 saturated heterocycles. The molecule has 0 bridgehead atoms. The summed E-state index contributed by atoms with van der Waals surface area (Å²) in [7, 11) is 1.53. The van der Waals surface area contributed by atoms with E-state index >= 15 is 0 Å². The van der Waals surface area contributed by atoms with Gasteiger partial charge in [0.2, 0.25) is 0 Å². The van der Waals surface area contributed by atoms with Crippen molar-refractivity contribution in [2.45, 2.75) is 13.8 Å². The lowest BCUT2D eigenvalue weighted by Crippen LogP contribution is -2.05. The van der Waals surface area contributed by atoms with Crippen LogP contribution in [-0.4, -0.2) is 42.0 Å². The van der Waals surface area contributed by atoms with Crippen LogP contribution in [0.3, 0.4) is 0 Å². The molecule has 0 saturated carbocycles. The quantitative estimate of drug-likeness (QED) is 0.446. The zero-order valence-electron chi connectivity index (χ0n) is 14.5. The molecule has 0 aliphatic carbocycles. The Bertz CT molecular complexity index is 828. The Morgan fingerprint density at radius 1 is 1.38 bits per heavy atom. The van der Waals surface area contributed by atoms with Gasteiger partial charge in [0.15, 0.2) is 0 Å². The van der Waals surface area contributed by atoms with E-state index in [4.69, 9.17) is 37.5 Å². The van der Waals surface area contributed by atoms with Crippen LogP contribution >= 0.6 is 23.2 Å². The number of oxime groups is 1. The summed E-state index contributed by atoms with van der Waals surface area (Å²) < 4.78 is 10.1. The molecule has 0 fully saturated rings. The summed E-state index contributed by atoms with van der Waals surface area (Å²) in [5.41, 5.74) is 2.99. The first-order valence-electron chi connectivity index (χ1n) is 7.64. The van der Waals surface area contributed by atoms with Gasteiger partial charge >= 0.3 is 5.97 Å². The molecule has 9 heteroatoms. The molecule has 0 radical (unpaired) electrons. The SMILES string of the molecule is CCOC(=O)c1ccnc(Cl)c1Cl.CON=C1COc2cnc(C)cc21. The van der Waals surface area contributed by atoms with Gasteiger partial charge in [0.25, 0.3) is 0 Å². The van der Waals surface area contributed by atoms with Crippen LogP contribution in [0, 0.1) is 6.92 Å². The van der Waals surface area contributed by atoms with Crippen LogP contribution in [0.4, 0.5) is 0 Å². The summed E-state index contributed by atoms with van der Waals surface area (Å²) in [6.07, 6.45) is 3.11. The van der Waals surface area contributed by atoms with Gasteiger partial charge < -0.3 is 14.3 Å². The van der Waals surface area contributed by atoms with Crippen LogP contribution < -0.4 is 4.74 Å². The highest BCUT2D eigenvalue weighted by molar-refractivity contribution is 6.42. The molecule has 2 aromatic heterocycles. The third kappa shape index (κ3) is 4.83. The highest BCUT2D eigenvalue weighted by Crippen LogP contribution is 2.25. The van der Waals surface area contributed by atoms with Crippen molar-refractivity contribution < 1.29 is 19.1 Å². The van der Waals surface area contributed by atoms with Crippen LogP contribution in [0.2, 0.25) is 10.2 Å². The van der Waals surface area contributed by atoms with Gasteiger partial charge in [-0.2, -0.15) is 0 Å². The van der Waals surface area contributed by atoms with E-state index in [1.54, 1.807) is 13.1 Å². The fraction of sp³-hybridized carbons (Fsp3) is 0.294. The minimum Gasteiger partial charge on any atom is -0.485 e. The number of hydrogen-bond acceptors (Lipinski definition) is 7. The lowest BCUT2D eigenvalue weighted by Gasteiger charge is -2.03. The number of rotatable bonds is 3. The van der Waals surface area contributed by atoms with Gasteiger partial charge in [-0.05, 0) is 26.0 Å². The Kier molecular flexibility index (Phi) is 7.17. The average molecular weight is 398 g/mol. The summed E-state index contributed by atoms with van der Waals surface area (Å²) >= 11 is 11.3. The Labute approximate surface area is 160 Å². The molecule has 0 aromatic carbocycles. The number of aryl methyl sites for hydroxylation is 1. The summed E-state index contributed by atoms with van der Waals surface area (Å²) in [6.45, 7) is 4.42. The third-order valence-corrected chi connectivity index (χ3v) is 3.99. The number of halogens is 2. The first kappa shape index (κ1) is 19.9. The number of fused-ring (bicyclic) bond motifs is 1. The Hall–Kier alpha value is -2.38. The largest absolute Gasteiger partial charge is 0.485 e. The first-order valence-corrected chi connectivity index (χ1v) is 8.40. The minimum absolute atomic E-state index is 0.104. The molecule has 0 N–H and O–H groups in total. The van der Waals surface area contributed by atoms with Gasteiger partial charge in [0, 0.05) is 17.5 Å². The summed E-state index contributed by atoms with van der Waals surface area (Å²) in [6, 6.07) is 3.41. The minimum atomic E-state index is -0.489. The van der Waals surface area contributed by atoms with E-state index in [9.17, 15) is 4.79 Å². The van der Waals surface area contributed by atoms with Gasteiger partial charge in [-0.25, -0.2) is 9.78 Å². The van der Waals surface area contributed by atoms with Gasteiger partial charge in [0.05, 0.1) is 23.4 Å². The standard InChI is InChI=1S/C9H10N2O2.C8H7Cl2NO2/c1-6-3-7-8(11-12-2)5-13-9(7)4-10-6;1-2-13-8(12)5-3-4-11-7(10)6(5)9/h3-4H,5H2,1-2H3;3-4H,2H2,1H3. The van der Waals surface area contributed by atoms with Crippen LogP contribution in [0.15, 0.2) is 29.7 Å². The van der Waals surface area contributed by atoms with Crippen molar-refractivity contribution in [1.29, 1.82) is 0 Å². The number of carbonyl (C=O) groups excluding carboxylic acids is 1. The summed E-state index contributed by atoms with van der Waals surface area (Å²) in [5, 5.41) is 4.10. The fourth-order valence-corrected chi connectivity index (χ4v) is 2.43. The predicted molar refractivity (Wildman–Crippen MR) is 98.2 cm³/mol. The molecule has 3 heterocycles. The molecular formula is C17H17Cl2N3O4. The lowest BCUT2D eigenvalue weighted by molar-refractivity contribution is 0.0526. The van der Waals surface area contributed by atoms with Crippen molar-refractivity contribution in [2.75, 3.05) is 20.3 Å². The number of hydrogen-bond donors (Lipinski definition) is 0. The maximum atomic E-state index is 11.2. The Morgan fingerprint density at radius 2 is 2.15 bits per heavy atom. The van der Waals surface area contributed by atoms with Crippen molar-refractivity contribution in [1.82, 2.24) is 9.97 Å². The van der Waals surface area contributed by atoms with Crippen molar-refractivity contribution in [3.8, 4) is 5.75 Å². The highest BCUT2D eigenvalue weighted by atomic mass is 35.5. The molecular weight excluding hydrogens is 381 g/mol. The number of aromatic nitrogens is 2. The maximum absolute atomic E-state index is 11.2. The van der Waals surface area contributed by atoms with Gasteiger partial charge in [-0.15, -0.1) is 0 Å². The fourth-order valence-electron chi connectivity index (χ4n) is 2.08. The summed E-state index contributed by atoms with van der Waals surface area (Å²) in [5.74, 6) is 0.290. The smallest absolute Gasteiger partial charge is 0.339 e. The van der Waals surface area contributed by atoms with Crippen LogP contribution in [0.25, 0.3) is 0 Å². The van der Waals surface area contributed by atoms with E-state index in [0.717, 1.165) is 22.7 Å². The second kappa shape index (κ2) is 9.35. The normalized spacial score (nSPS) is 13.3. The molecule has 3 rings (SSSR count). The number of carbonyl (C=O) groups is 1. The molecule has 138 valence electrons. The number of esters is 1. The topological polar surface area (TPSA) is 82.9 Å². The second-order valence-electron chi connectivity index (χ2n) is 5.01. The molecule has 0 unspecified atom stereocenters. The average Bonchev–Trinajstić information content (AvgIpc) is 3.01. The number of pyridine rings is 2. The first-order chi connectivity index (χ1) is 12.5. The number of ether oxygens (including phenoxy) is 2. The van der Waals surface area contributed by atoms with Crippen LogP contribution in [-0.2, 0) is 9.57 Å². The maximum Gasteiger partial charge on any atom is 0.339 e. The van der Waals surface area contributed by atoms with E-state index in [2.05, 4.69) is 15.1 Å². The molecule has 26 heavy (non-hydrogen) atoms. The zero-order valence-corrected chi connectivity index (χ0v) is 16.0. The lowest BCUT2D eigenvalue weighted by atomic mass is 10.1. The Morgan fingerprint density at radius 3 is 2.85 bits per heavy atom. The van der Waals surface area contributed by atoms with Gasteiger partial charge in [-0.1, -0.05) is 28.4 Å². The van der Waals surface area contributed by atoms with Crippen molar-refractivity contribution in [3.05, 3.63) is 51.5 Å². The molecule has 1 aliphatic rings. The van der Waals surface area contributed by atoms with Crippen molar-refractivity contribution in [3.63, 3.8) is 0 Å². The third-order valence-electron chi connectivity index (χ3n) is 3.22. The monoisotopic (exact) mass is 397 g/mol. The van der Waals surface area contributed by atoms with Crippen molar-refractivity contribution >= 4 is 34.9 Å². The number of nitrogens with zero attached hydrogens (tertiary/aromatic N) is 3. The summed E-state index contributed by atoms with van der Waals surface area (Å²) in [4.78, 5) is 23.8. The van der Waals surface area contributed by atoms with E-state index < -0.39 is 5.97 Å². The van der Waals surface area contributed by atoms with Gasteiger partial charge in [-0.3, -0.25) is 4.98 Å². The zero-order chi connectivity index (χ0) is 19.1. The molecule has 0 atom stereocenters.